The second kappa shape index (κ2) is 5.98. The summed E-state index contributed by atoms with van der Waals surface area (Å²) in [6.45, 7) is 2.19. The molecule has 1 N–H and O–H groups in total. The summed E-state index contributed by atoms with van der Waals surface area (Å²) >= 11 is 1.56. The van der Waals surface area contributed by atoms with Crippen LogP contribution in [0.2, 0.25) is 0 Å². The zero-order valence-electron chi connectivity index (χ0n) is 10.6. The van der Waals surface area contributed by atoms with E-state index in [2.05, 4.69) is 11.9 Å². The highest BCUT2D eigenvalue weighted by atomic mass is 32.1. The lowest BCUT2D eigenvalue weighted by atomic mass is 10.2. The topological polar surface area (TPSA) is 42.4 Å². The maximum atomic E-state index is 9.34. The molecule has 0 aliphatic rings. The molecular formula is C14H17NO2S. The first-order valence-electron chi connectivity index (χ1n) is 6.02. The molecule has 0 bridgehead atoms. The van der Waals surface area contributed by atoms with E-state index >= 15 is 0 Å². The number of benzene rings is 1. The van der Waals surface area contributed by atoms with Crippen molar-refractivity contribution < 1.29 is 9.84 Å². The van der Waals surface area contributed by atoms with Crippen molar-refractivity contribution in [2.75, 3.05) is 7.11 Å². The molecular weight excluding hydrogens is 246 g/mol. The number of aliphatic hydroxyl groups is 1. The van der Waals surface area contributed by atoms with Crippen LogP contribution >= 0.6 is 11.3 Å². The minimum absolute atomic E-state index is 0.0726. The number of aryl methyl sites for hydroxylation is 1. The Morgan fingerprint density at radius 1 is 1.28 bits per heavy atom. The summed E-state index contributed by atoms with van der Waals surface area (Å²) in [7, 11) is 1.65. The van der Waals surface area contributed by atoms with Gasteiger partial charge in [0, 0.05) is 5.56 Å². The van der Waals surface area contributed by atoms with E-state index in [1.165, 1.54) is 0 Å². The second-order valence-electron chi connectivity index (χ2n) is 4.03. The maximum Gasteiger partial charge on any atom is 0.123 e. The van der Waals surface area contributed by atoms with Gasteiger partial charge in [-0.05, 0) is 30.7 Å². The predicted molar refractivity (Wildman–Crippen MR) is 74.0 cm³/mol. The molecule has 3 nitrogen and oxygen atoms in total. The number of rotatable bonds is 5. The zero-order chi connectivity index (χ0) is 13.0. The van der Waals surface area contributed by atoms with Gasteiger partial charge in [-0.3, -0.25) is 0 Å². The molecule has 0 fully saturated rings. The molecule has 0 aliphatic carbocycles. The van der Waals surface area contributed by atoms with E-state index in [4.69, 9.17) is 4.74 Å². The van der Waals surface area contributed by atoms with E-state index in [1.807, 2.05) is 24.3 Å². The fraction of sp³-hybridized carbons (Fsp3) is 0.357. The summed E-state index contributed by atoms with van der Waals surface area (Å²) in [6, 6.07) is 7.84. The monoisotopic (exact) mass is 263 g/mol. The molecule has 0 atom stereocenters. The molecule has 1 aromatic carbocycles. The molecule has 2 rings (SSSR count). The Balaban J connectivity index is 2.31. The van der Waals surface area contributed by atoms with Gasteiger partial charge in [0.15, 0.2) is 0 Å². The van der Waals surface area contributed by atoms with Crippen molar-refractivity contribution >= 4 is 11.3 Å². The number of ether oxygens (including phenoxy) is 1. The van der Waals surface area contributed by atoms with Crippen LogP contribution in [-0.2, 0) is 13.0 Å². The molecule has 0 saturated heterocycles. The molecule has 0 radical (unpaired) electrons. The van der Waals surface area contributed by atoms with Crippen LogP contribution in [0.4, 0.5) is 0 Å². The molecule has 0 unspecified atom stereocenters. The molecule has 4 heteroatoms. The van der Waals surface area contributed by atoms with E-state index in [0.29, 0.717) is 0 Å². The molecule has 18 heavy (non-hydrogen) atoms. The predicted octanol–water partition coefficient (Wildman–Crippen LogP) is 3.26. The summed E-state index contributed by atoms with van der Waals surface area (Å²) < 4.78 is 5.14. The third-order valence-corrected chi connectivity index (χ3v) is 3.88. The van der Waals surface area contributed by atoms with Crippen LogP contribution < -0.4 is 4.74 Å². The van der Waals surface area contributed by atoms with Gasteiger partial charge in [-0.1, -0.05) is 13.3 Å². The van der Waals surface area contributed by atoms with Crippen LogP contribution in [0.3, 0.4) is 0 Å². The highest BCUT2D eigenvalue weighted by Crippen LogP contribution is 2.30. The van der Waals surface area contributed by atoms with Gasteiger partial charge in [0.1, 0.15) is 10.8 Å². The molecule has 1 heterocycles. The van der Waals surface area contributed by atoms with Crippen LogP contribution in [0.5, 0.6) is 5.75 Å². The zero-order valence-corrected chi connectivity index (χ0v) is 11.5. The molecule has 96 valence electrons. The Hall–Kier alpha value is -1.39. The van der Waals surface area contributed by atoms with Gasteiger partial charge < -0.3 is 9.84 Å². The van der Waals surface area contributed by atoms with Crippen LogP contribution in [0.15, 0.2) is 24.3 Å². The number of nitrogens with zero attached hydrogens (tertiary/aromatic N) is 1. The largest absolute Gasteiger partial charge is 0.497 e. The quantitative estimate of drug-likeness (QED) is 0.900. The first-order chi connectivity index (χ1) is 8.78. The van der Waals surface area contributed by atoms with Crippen molar-refractivity contribution in [2.24, 2.45) is 0 Å². The SMILES string of the molecule is CCCc1nc(-c2ccc(OC)cc2)sc1CO. The molecule has 0 saturated carbocycles. The fourth-order valence-electron chi connectivity index (χ4n) is 1.80. The Morgan fingerprint density at radius 2 is 2.00 bits per heavy atom. The number of aliphatic hydroxyl groups excluding tert-OH is 1. The lowest BCUT2D eigenvalue weighted by molar-refractivity contribution is 0.284. The smallest absolute Gasteiger partial charge is 0.123 e. The minimum atomic E-state index is 0.0726. The first-order valence-corrected chi connectivity index (χ1v) is 6.84. The summed E-state index contributed by atoms with van der Waals surface area (Å²) in [4.78, 5) is 5.59. The average molecular weight is 263 g/mol. The van der Waals surface area contributed by atoms with Crippen molar-refractivity contribution in [2.45, 2.75) is 26.4 Å². The van der Waals surface area contributed by atoms with E-state index in [-0.39, 0.29) is 6.61 Å². The van der Waals surface area contributed by atoms with Gasteiger partial charge in [-0.2, -0.15) is 0 Å². The van der Waals surface area contributed by atoms with Gasteiger partial charge >= 0.3 is 0 Å². The maximum absolute atomic E-state index is 9.34. The molecule has 2 aromatic rings. The third kappa shape index (κ3) is 2.71. The number of methoxy groups -OCH3 is 1. The van der Waals surface area contributed by atoms with E-state index < -0.39 is 0 Å². The van der Waals surface area contributed by atoms with Gasteiger partial charge in [0.05, 0.1) is 24.3 Å². The van der Waals surface area contributed by atoms with Crippen molar-refractivity contribution in [3.8, 4) is 16.3 Å². The van der Waals surface area contributed by atoms with Crippen LogP contribution in [0.25, 0.3) is 10.6 Å². The Bertz CT molecular complexity index is 505. The highest BCUT2D eigenvalue weighted by Gasteiger charge is 2.11. The fourth-order valence-corrected chi connectivity index (χ4v) is 2.77. The Morgan fingerprint density at radius 3 is 2.56 bits per heavy atom. The summed E-state index contributed by atoms with van der Waals surface area (Å²) in [6.07, 6.45) is 1.96. The molecule has 0 amide bonds. The van der Waals surface area contributed by atoms with Crippen molar-refractivity contribution in [3.63, 3.8) is 0 Å². The highest BCUT2D eigenvalue weighted by molar-refractivity contribution is 7.15. The third-order valence-electron chi connectivity index (χ3n) is 2.75. The number of hydrogen-bond acceptors (Lipinski definition) is 4. The Labute approximate surface area is 111 Å². The van der Waals surface area contributed by atoms with Crippen LogP contribution in [0.1, 0.15) is 23.9 Å². The van der Waals surface area contributed by atoms with Gasteiger partial charge in [-0.15, -0.1) is 11.3 Å². The molecule has 1 aromatic heterocycles. The van der Waals surface area contributed by atoms with Crippen molar-refractivity contribution in [1.82, 2.24) is 4.98 Å². The normalized spacial score (nSPS) is 10.6. The number of aromatic nitrogens is 1. The van der Waals surface area contributed by atoms with Gasteiger partial charge in [0.2, 0.25) is 0 Å². The Kier molecular flexibility index (Phi) is 4.33. The lowest BCUT2D eigenvalue weighted by Gasteiger charge is -2.00. The standard InChI is InChI=1S/C14H17NO2S/c1-3-4-12-13(9-16)18-14(15-12)10-5-7-11(17-2)8-6-10/h5-8,16H,3-4,9H2,1-2H3. The lowest BCUT2D eigenvalue weighted by Crippen LogP contribution is -1.89. The molecule has 0 spiro atoms. The minimum Gasteiger partial charge on any atom is -0.497 e. The van der Waals surface area contributed by atoms with Crippen molar-refractivity contribution in [3.05, 3.63) is 34.8 Å². The van der Waals surface area contributed by atoms with E-state index in [0.717, 1.165) is 39.7 Å². The van der Waals surface area contributed by atoms with Gasteiger partial charge in [0.25, 0.3) is 0 Å². The number of thiazole rings is 1. The van der Waals surface area contributed by atoms with Crippen molar-refractivity contribution in [1.29, 1.82) is 0 Å². The average Bonchev–Trinajstić information content (AvgIpc) is 2.82. The van der Waals surface area contributed by atoms with E-state index in [9.17, 15) is 5.11 Å². The molecule has 0 aliphatic heterocycles. The summed E-state index contributed by atoms with van der Waals surface area (Å²) in [5, 5.41) is 10.3. The van der Waals surface area contributed by atoms with E-state index in [1.54, 1.807) is 18.4 Å². The summed E-state index contributed by atoms with van der Waals surface area (Å²) in [5.41, 5.74) is 2.09. The number of hydrogen-bond donors (Lipinski definition) is 1. The first kappa shape index (κ1) is 13.1. The second-order valence-corrected chi connectivity index (χ2v) is 5.11. The summed E-state index contributed by atoms with van der Waals surface area (Å²) in [5.74, 6) is 0.839. The van der Waals surface area contributed by atoms with Crippen LogP contribution in [0, 0.1) is 0 Å². The van der Waals surface area contributed by atoms with Crippen LogP contribution in [-0.4, -0.2) is 17.2 Å². The van der Waals surface area contributed by atoms with Gasteiger partial charge in [-0.25, -0.2) is 4.98 Å².